The highest BCUT2D eigenvalue weighted by molar-refractivity contribution is 5.57. The highest BCUT2D eigenvalue weighted by Crippen LogP contribution is 2.27. The van der Waals surface area contributed by atoms with Gasteiger partial charge in [0.2, 0.25) is 0 Å². The lowest BCUT2D eigenvalue weighted by atomic mass is 10.1. The summed E-state index contributed by atoms with van der Waals surface area (Å²) in [5.41, 5.74) is 7.15. The monoisotopic (exact) mass is 277 g/mol. The Labute approximate surface area is 122 Å². The number of hydrogen-bond acceptors (Lipinski definition) is 5. The summed E-state index contributed by atoms with van der Waals surface area (Å²) < 4.78 is 0. The fourth-order valence-electron chi connectivity index (χ4n) is 3.15. The second-order valence-electron chi connectivity index (χ2n) is 5.42. The third-order valence-electron chi connectivity index (χ3n) is 4.25. The molecule has 0 bridgehead atoms. The first-order valence-electron chi connectivity index (χ1n) is 7.79. The zero-order valence-corrected chi connectivity index (χ0v) is 13.0. The van der Waals surface area contributed by atoms with Crippen LogP contribution in [0.3, 0.4) is 0 Å². The first kappa shape index (κ1) is 15.0. The smallest absolute Gasteiger partial charge is 0.137 e. The lowest BCUT2D eigenvalue weighted by Gasteiger charge is -2.27. The predicted octanol–water partition coefficient (Wildman–Crippen LogP) is 1.93. The van der Waals surface area contributed by atoms with Crippen molar-refractivity contribution < 1.29 is 0 Å². The number of rotatable bonds is 6. The van der Waals surface area contributed by atoms with Gasteiger partial charge in [-0.1, -0.05) is 27.2 Å². The molecule has 0 aromatic carbocycles. The van der Waals surface area contributed by atoms with Crippen molar-refractivity contribution in [2.24, 2.45) is 0 Å². The molecule has 112 valence electrons. The molecule has 0 radical (unpaired) electrons. The summed E-state index contributed by atoms with van der Waals surface area (Å²) in [5.74, 6) is 1.69. The van der Waals surface area contributed by atoms with Gasteiger partial charge in [-0.15, -0.1) is 0 Å². The fraction of sp³-hybridized carbons (Fsp3) is 0.733. The normalized spacial score (nSPS) is 19.0. The standard InChI is InChI=1S/C15H27N5/c1-4-7-13-14(16)17-11-18-15(13)20-9-8-12(10-20)19(5-2)6-3/h11-12H,4-10H2,1-3H3,(H2,16,17,18). The van der Waals surface area contributed by atoms with Crippen LogP contribution in [-0.2, 0) is 6.42 Å². The second kappa shape index (κ2) is 6.88. The van der Waals surface area contributed by atoms with E-state index in [9.17, 15) is 0 Å². The molecule has 20 heavy (non-hydrogen) atoms. The van der Waals surface area contributed by atoms with Crippen molar-refractivity contribution >= 4 is 11.6 Å². The van der Waals surface area contributed by atoms with Crippen LogP contribution in [0.25, 0.3) is 0 Å². The summed E-state index contributed by atoms with van der Waals surface area (Å²) in [6, 6.07) is 0.635. The van der Waals surface area contributed by atoms with Gasteiger partial charge < -0.3 is 10.6 Å². The Balaban J connectivity index is 2.15. The van der Waals surface area contributed by atoms with Gasteiger partial charge >= 0.3 is 0 Å². The number of hydrogen-bond donors (Lipinski definition) is 1. The van der Waals surface area contributed by atoms with Gasteiger partial charge in [0, 0.05) is 24.7 Å². The van der Waals surface area contributed by atoms with Crippen molar-refractivity contribution in [3.63, 3.8) is 0 Å². The Hall–Kier alpha value is -1.36. The van der Waals surface area contributed by atoms with Gasteiger partial charge in [0.1, 0.15) is 18.0 Å². The Kier molecular flexibility index (Phi) is 5.17. The van der Waals surface area contributed by atoms with E-state index in [4.69, 9.17) is 5.73 Å². The number of nitrogens with two attached hydrogens (primary N) is 1. The Morgan fingerprint density at radius 1 is 1.30 bits per heavy atom. The van der Waals surface area contributed by atoms with Crippen molar-refractivity contribution in [1.82, 2.24) is 14.9 Å². The van der Waals surface area contributed by atoms with Crippen LogP contribution in [0.1, 0.15) is 39.2 Å². The molecular weight excluding hydrogens is 250 g/mol. The van der Waals surface area contributed by atoms with Crippen LogP contribution in [0.15, 0.2) is 6.33 Å². The maximum absolute atomic E-state index is 6.03. The maximum atomic E-state index is 6.03. The summed E-state index contributed by atoms with van der Waals surface area (Å²) >= 11 is 0. The highest BCUT2D eigenvalue weighted by atomic mass is 15.3. The molecule has 1 atom stereocenters. The molecule has 1 fully saturated rings. The second-order valence-corrected chi connectivity index (χ2v) is 5.42. The highest BCUT2D eigenvalue weighted by Gasteiger charge is 2.28. The summed E-state index contributed by atoms with van der Waals surface area (Å²) in [7, 11) is 0. The van der Waals surface area contributed by atoms with E-state index in [0.29, 0.717) is 11.9 Å². The summed E-state index contributed by atoms with van der Waals surface area (Å²) in [6.45, 7) is 11.0. The van der Waals surface area contributed by atoms with E-state index in [1.54, 1.807) is 6.33 Å². The van der Waals surface area contributed by atoms with Crippen molar-refractivity contribution in [2.45, 2.75) is 46.1 Å². The lowest BCUT2D eigenvalue weighted by molar-refractivity contribution is 0.232. The predicted molar refractivity (Wildman–Crippen MR) is 84.0 cm³/mol. The number of anilines is 2. The van der Waals surface area contributed by atoms with Crippen LogP contribution in [0.5, 0.6) is 0 Å². The molecule has 5 nitrogen and oxygen atoms in total. The molecule has 0 saturated carbocycles. The SMILES string of the molecule is CCCc1c(N)ncnc1N1CCC(N(CC)CC)C1. The van der Waals surface area contributed by atoms with Gasteiger partial charge in [-0.25, -0.2) is 9.97 Å². The maximum Gasteiger partial charge on any atom is 0.137 e. The Morgan fingerprint density at radius 2 is 2.05 bits per heavy atom. The minimum atomic E-state index is 0.635. The zero-order valence-electron chi connectivity index (χ0n) is 13.0. The Bertz CT molecular complexity index is 430. The van der Waals surface area contributed by atoms with Crippen LogP contribution in [0, 0.1) is 0 Å². The van der Waals surface area contributed by atoms with E-state index in [2.05, 4.69) is 40.5 Å². The lowest BCUT2D eigenvalue weighted by Crippen LogP contribution is -2.37. The minimum absolute atomic E-state index is 0.635. The van der Waals surface area contributed by atoms with E-state index in [-0.39, 0.29) is 0 Å². The molecule has 0 amide bonds. The molecule has 1 aromatic heterocycles. The first-order valence-corrected chi connectivity index (χ1v) is 7.79. The Morgan fingerprint density at radius 3 is 2.70 bits per heavy atom. The molecule has 1 aromatic rings. The van der Waals surface area contributed by atoms with E-state index in [0.717, 1.165) is 50.4 Å². The fourth-order valence-corrected chi connectivity index (χ4v) is 3.15. The van der Waals surface area contributed by atoms with Crippen LogP contribution in [0.4, 0.5) is 11.6 Å². The third-order valence-corrected chi connectivity index (χ3v) is 4.25. The molecule has 0 aliphatic carbocycles. The van der Waals surface area contributed by atoms with Gasteiger partial charge in [-0.3, -0.25) is 4.90 Å². The van der Waals surface area contributed by atoms with Crippen LogP contribution in [-0.4, -0.2) is 47.1 Å². The minimum Gasteiger partial charge on any atom is -0.383 e. The molecule has 0 spiro atoms. The van der Waals surface area contributed by atoms with E-state index >= 15 is 0 Å². The molecule has 2 rings (SSSR count). The van der Waals surface area contributed by atoms with Gasteiger partial charge in [-0.05, 0) is 25.9 Å². The molecule has 1 aliphatic heterocycles. The number of nitrogen functional groups attached to an aromatic ring is 1. The quantitative estimate of drug-likeness (QED) is 0.861. The van der Waals surface area contributed by atoms with Gasteiger partial charge in [-0.2, -0.15) is 0 Å². The van der Waals surface area contributed by atoms with Gasteiger partial charge in [0.25, 0.3) is 0 Å². The average molecular weight is 277 g/mol. The first-order chi connectivity index (χ1) is 9.71. The third kappa shape index (κ3) is 3.03. The number of likely N-dealkylation sites (N-methyl/N-ethyl adjacent to an activating group) is 1. The van der Waals surface area contributed by atoms with Gasteiger partial charge in [0.05, 0.1) is 0 Å². The van der Waals surface area contributed by atoms with Gasteiger partial charge in [0.15, 0.2) is 0 Å². The molecule has 2 N–H and O–H groups in total. The molecule has 1 unspecified atom stereocenters. The van der Waals surface area contributed by atoms with Crippen molar-refractivity contribution in [2.75, 3.05) is 36.8 Å². The number of nitrogens with zero attached hydrogens (tertiary/aromatic N) is 4. The molecular formula is C15H27N5. The number of aromatic nitrogens is 2. The zero-order chi connectivity index (χ0) is 14.5. The summed E-state index contributed by atoms with van der Waals surface area (Å²) in [5, 5.41) is 0. The van der Waals surface area contributed by atoms with E-state index < -0.39 is 0 Å². The molecule has 1 aliphatic rings. The molecule has 2 heterocycles. The molecule has 5 heteroatoms. The summed E-state index contributed by atoms with van der Waals surface area (Å²) in [4.78, 5) is 13.6. The topological polar surface area (TPSA) is 58.3 Å². The van der Waals surface area contributed by atoms with Crippen LogP contribution in [0.2, 0.25) is 0 Å². The van der Waals surface area contributed by atoms with E-state index in [1.807, 2.05) is 0 Å². The largest absolute Gasteiger partial charge is 0.383 e. The van der Waals surface area contributed by atoms with Crippen LogP contribution < -0.4 is 10.6 Å². The van der Waals surface area contributed by atoms with E-state index in [1.165, 1.54) is 6.42 Å². The summed E-state index contributed by atoms with van der Waals surface area (Å²) in [6.07, 6.45) is 4.82. The van der Waals surface area contributed by atoms with Crippen molar-refractivity contribution in [1.29, 1.82) is 0 Å². The molecule has 1 saturated heterocycles. The van der Waals surface area contributed by atoms with Crippen LogP contribution >= 0.6 is 0 Å². The average Bonchev–Trinajstić information content (AvgIpc) is 2.92. The van der Waals surface area contributed by atoms with Crippen molar-refractivity contribution in [3.8, 4) is 0 Å². The van der Waals surface area contributed by atoms with Crippen molar-refractivity contribution in [3.05, 3.63) is 11.9 Å².